The summed E-state index contributed by atoms with van der Waals surface area (Å²) in [7, 11) is 1.56. The Balaban J connectivity index is 4.24. The summed E-state index contributed by atoms with van der Waals surface area (Å²) in [6.45, 7) is 4.73. The minimum Gasteiger partial charge on any atom is -0.391 e. The number of quaternary nitrogens is 1. The molecular weight excluding hydrogens is 864 g/mol. The van der Waals surface area contributed by atoms with Crippen LogP contribution in [0.5, 0.6) is 0 Å². The Morgan fingerprint density at radius 1 is 0.515 bits per heavy atom. The molecule has 0 radical (unpaired) electrons. The Labute approximate surface area is 421 Å². The number of phosphoric ester groups is 1. The van der Waals surface area contributed by atoms with E-state index in [0.29, 0.717) is 23.9 Å². The smallest absolute Gasteiger partial charge is 0.391 e. The fourth-order valence-corrected chi connectivity index (χ4v) is 8.81. The molecular formula is C59H110N2O6P+. The Morgan fingerprint density at radius 2 is 0.853 bits per heavy atom. The first-order valence-electron chi connectivity index (χ1n) is 28.3. The summed E-state index contributed by atoms with van der Waals surface area (Å²) in [6, 6.07) is -0.806. The molecule has 8 nitrogen and oxygen atoms in total. The largest absolute Gasteiger partial charge is 0.472 e. The second kappa shape index (κ2) is 49.9. The number of nitrogens with zero attached hydrogens (tertiary/aromatic N) is 1. The number of aliphatic hydroxyl groups is 1. The van der Waals surface area contributed by atoms with Crippen molar-refractivity contribution >= 4 is 13.7 Å². The van der Waals surface area contributed by atoms with E-state index in [1.165, 1.54) is 154 Å². The molecule has 68 heavy (non-hydrogen) atoms. The Bertz CT molecular complexity index is 1330. The molecule has 1 amide bonds. The van der Waals surface area contributed by atoms with E-state index < -0.39 is 20.0 Å². The first-order chi connectivity index (χ1) is 33.0. The number of hydrogen-bond donors (Lipinski definition) is 3. The Kier molecular flexibility index (Phi) is 48.4. The lowest BCUT2D eigenvalue weighted by Crippen LogP contribution is -2.46. The zero-order chi connectivity index (χ0) is 49.9. The lowest BCUT2D eigenvalue weighted by Gasteiger charge is -2.26. The van der Waals surface area contributed by atoms with Crippen molar-refractivity contribution in [2.75, 3.05) is 40.9 Å². The van der Waals surface area contributed by atoms with Gasteiger partial charge < -0.3 is 19.8 Å². The van der Waals surface area contributed by atoms with Crippen LogP contribution in [0.4, 0.5) is 0 Å². The van der Waals surface area contributed by atoms with Crippen molar-refractivity contribution in [1.29, 1.82) is 0 Å². The van der Waals surface area contributed by atoms with E-state index in [9.17, 15) is 19.4 Å². The Morgan fingerprint density at radius 3 is 1.21 bits per heavy atom. The maximum Gasteiger partial charge on any atom is 0.472 e. The van der Waals surface area contributed by atoms with Crippen LogP contribution in [-0.4, -0.2) is 73.4 Å². The van der Waals surface area contributed by atoms with Gasteiger partial charge in [-0.05, 0) is 51.4 Å². The third kappa shape index (κ3) is 51.8. The minimum atomic E-state index is -4.35. The maximum atomic E-state index is 12.9. The molecule has 396 valence electrons. The number of carbonyl (C=O) groups excluding carboxylic acids is 1. The summed E-state index contributed by atoms with van der Waals surface area (Å²) < 4.78 is 23.7. The molecule has 0 aromatic heterocycles. The van der Waals surface area contributed by atoms with Gasteiger partial charge in [0.1, 0.15) is 13.2 Å². The molecule has 0 heterocycles. The molecule has 0 aromatic rings. The second-order valence-electron chi connectivity index (χ2n) is 20.3. The Hall–Kier alpha value is -2.06. The van der Waals surface area contributed by atoms with Gasteiger partial charge in [-0.2, -0.15) is 0 Å². The van der Waals surface area contributed by atoms with E-state index >= 15 is 0 Å². The van der Waals surface area contributed by atoms with Gasteiger partial charge in [0.2, 0.25) is 5.91 Å². The van der Waals surface area contributed by atoms with Gasteiger partial charge >= 0.3 is 7.82 Å². The van der Waals surface area contributed by atoms with Gasteiger partial charge in [0.05, 0.1) is 39.9 Å². The molecule has 3 N–H and O–H groups in total. The van der Waals surface area contributed by atoms with E-state index in [4.69, 9.17) is 9.05 Å². The summed E-state index contributed by atoms with van der Waals surface area (Å²) in [6.07, 6.45) is 68.4. The van der Waals surface area contributed by atoms with Crippen molar-refractivity contribution in [2.24, 2.45) is 0 Å². The summed E-state index contributed by atoms with van der Waals surface area (Å²) >= 11 is 0. The highest BCUT2D eigenvalue weighted by atomic mass is 31.2. The quantitative estimate of drug-likeness (QED) is 0.0243. The molecule has 0 aliphatic carbocycles. The van der Waals surface area contributed by atoms with Crippen molar-refractivity contribution in [2.45, 2.75) is 257 Å². The van der Waals surface area contributed by atoms with Gasteiger partial charge in [-0.1, -0.05) is 260 Å². The van der Waals surface area contributed by atoms with E-state index in [0.717, 1.165) is 57.8 Å². The third-order valence-electron chi connectivity index (χ3n) is 12.5. The number of allylic oxidation sites excluding steroid dienone is 12. The zero-order valence-corrected chi connectivity index (χ0v) is 46.0. The number of phosphoric acid groups is 1. The first-order valence-corrected chi connectivity index (χ1v) is 29.8. The average molecular weight is 975 g/mol. The van der Waals surface area contributed by atoms with E-state index in [-0.39, 0.29) is 25.5 Å². The number of hydrogen-bond acceptors (Lipinski definition) is 5. The summed E-state index contributed by atoms with van der Waals surface area (Å²) in [5.41, 5.74) is 0. The van der Waals surface area contributed by atoms with Crippen LogP contribution >= 0.6 is 7.82 Å². The molecule has 0 bridgehead atoms. The molecule has 3 unspecified atom stereocenters. The standard InChI is InChI=1S/C59H109N2O6P/c1-6-8-10-12-14-16-18-20-22-24-26-27-28-29-30-31-32-33-35-36-38-40-42-44-46-48-50-52-58(62)57(56-67-68(64,65)66-55-54-61(3,4)5)60-59(63)53-51-49-47-45-43-41-39-37-34-25-23-21-19-17-15-13-11-9-7-2/h9,11,15,17,21,23,34,37,41,43,47,49,57-58,62H,6-8,10,12-14,16,18-20,22,24-33,35-36,38-40,42,44-46,48,50-56H2,1-5H3,(H-,60,63,64,65)/p+1/b11-9-,17-15-,23-21-,37-34-,43-41-,49-47-. The van der Waals surface area contributed by atoms with E-state index in [2.05, 4.69) is 86.0 Å². The fourth-order valence-electron chi connectivity index (χ4n) is 8.07. The van der Waals surface area contributed by atoms with Crippen molar-refractivity contribution in [3.05, 3.63) is 72.9 Å². The second-order valence-corrected chi connectivity index (χ2v) is 21.7. The molecule has 0 saturated carbocycles. The summed E-state index contributed by atoms with van der Waals surface area (Å²) in [5, 5.41) is 14.0. The fraction of sp³-hybridized carbons (Fsp3) is 0.780. The van der Waals surface area contributed by atoms with Gasteiger partial charge in [0.25, 0.3) is 0 Å². The van der Waals surface area contributed by atoms with Crippen molar-refractivity contribution < 1.29 is 32.9 Å². The van der Waals surface area contributed by atoms with Gasteiger partial charge in [-0.15, -0.1) is 0 Å². The average Bonchev–Trinajstić information content (AvgIpc) is 3.30. The van der Waals surface area contributed by atoms with Gasteiger partial charge in [-0.3, -0.25) is 13.8 Å². The van der Waals surface area contributed by atoms with Gasteiger partial charge in [-0.25, -0.2) is 4.57 Å². The van der Waals surface area contributed by atoms with Crippen LogP contribution in [0, 0.1) is 0 Å². The number of aliphatic hydroxyl groups excluding tert-OH is 1. The SMILES string of the molecule is CC/C=C\C/C=C\C/C=C\C/C=C\C/C=C\C/C=C\CCC(=O)NC(COP(=O)(O)OCC[N+](C)(C)C)C(O)CCCCCCCCCCCCCCCCCCCCCCCCCCCCC. The molecule has 3 atom stereocenters. The van der Waals surface area contributed by atoms with E-state index in [1.807, 2.05) is 27.2 Å². The number of nitrogens with one attached hydrogen (secondary N) is 1. The number of unbranched alkanes of at least 4 members (excludes halogenated alkanes) is 26. The molecule has 0 spiro atoms. The number of amides is 1. The third-order valence-corrected chi connectivity index (χ3v) is 13.5. The first kappa shape index (κ1) is 65.9. The van der Waals surface area contributed by atoms with Crippen LogP contribution in [0.2, 0.25) is 0 Å². The lowest BCUT2D eigenvalue weighted by molar-refractivity contribution is -0.870. The monoisotopic (exact) mass is 974 g/mol. The number of rotatable bonds is 51. The van der Waals surface area contributed by atoms with E-state index in [1.54, 1.807) is 0 Å². The van der Waals surface area contributed by atoms with Crippen LogP contribution in [-0.2, 0) is 18.4 Å². The van der Waals surface area contributed by atoms with Crippen LogP contribution in [0.1, 0.15) is 245 Å². The molecule has 0 fully saturated rings. The van der Waals surface area contributed by atoms with Crippen LogP contribution in [0.15, 0.2) is 72.9 Å². The highest BCUT2D eigenvalue weighted by Gasteiger charge is 2.28. The summed E-state index contributed by atoms with van der Waals surface area (Å²) in [4.78, 5) is 23.3. The van der Waals surface area contributed by atoms with Crippen molar-refractivity contribution in [3.63, 3.8) is 0 Å². The number of likely N-dealkylation sites (N-methyl/N-ethyl adjacent to an activating group) is 1. The molecule has 0 aromatic carbocycles. The number of carbonyl (C=O) groups is 1. The maximum absolute atomic E-state index is 12.9. The lowest BCUT2D eigenvalue weighted by atomic mass is 10.0. The van der Waals surface area contributed by atoms with Crippen LogP contribution < -0.4 is 5.32 Å². The zero-order valence-electron chi connectivity index (χ0n) is 45.1. The van der Waals surface area contributed by atoms with Crippen LogP contribution in [0.3, 0.4) is 0 Å². The predicted molar refractivity (Wildman–Crippen MR) is 295 cm³/mol. The molecule has 0 saturated heterocycles. The predicted octanol–water partition coefficient (Wildman–Crippen LogP) is 17.1. The minimum absolute atomic E-state index is 0.0580. The normalized spacial score (nSPS) is 14.5. The van der Waals surface area contributed by atoms with Crippen LogP contribution in [0.25, 0.3) is 0 Å². The molecule has 0 rings (SSSR count). The highest BCUT2D eigenvalue weighted by molar-refractivity contribution is 7.47. The van der Waals surface area contributed by atoms with Crippen molar-refractivity contribution in [1.82, 2.24) is 5.32 Å². The summed E-state index contributed by atoms with van der Waals surface area (Å²) in [5.74, 6) is -0.226. The molecule has 9 heteroatoms. The topological polar surface area (TPSA) is 105 Å². The van der Waals surface area contributed by atoms with Gasteiger partial charge in [0.15, 0.2) is 0 Å². The highest BCUT2D eigenvalue weighted by Crippen LogP contribution is 2.43. The van der Waals surface area contributed by atoms with Crippen molar-refractivity contribution in [3.8, 4) is 0 Å². The molecule has 0 aliphatic heterocycles. The molecule has 0 aliphatic rings. The van der Waals surface area contributed by atoms with Gasteiger partial charge in [0, 0.05) is 6.42 Å².